The molecule has 2 N–H and O–H groups in total. The van der Waals surface area contributed by atoms with Gasteiger partial charge in [0.2, 0.25) is 11.5 Å². The van der Waals surface area contributed by atoms with E-state index in [1.54, 1.807) is 0 Å². The summed E-state index contributed by atoms with van der Waals surface area (Å²) in [6, 6.07) is 5.05. The normalized spacial score (nSPS) is 22.3. The molecule has 0 amide bonds. The molecule has 6 heterocycles. The highest BCUT2D eigenvalue weighted by atomic mass is 19.1. The highest BCUT2D eigenvalue weighted by molar-refractivity contribution is 6.00. The van der Waals surface area contributed by atoms with Crippen LogP contribution < -0.4 is 20.7 Å². The van der Waals surface area contributed by atoms with Crippen LogP contribution in [0.5, 0.6) is 0 Å². The second-order valence-electron chi connectivity index (χ2n) is 11.7. The smallest absolute Gasteiger partial charge is 0.249 e. The van der Waals surface area contributed by atoms with Crippen LogP contribution in [0.3, 0.4) is 0 Å². The van der Waals surface area contributed by atoms with Crippen LogP contribution in [-0.2, 0) is 0 Å². The number of nitrogens with zero attached hydrogens (tertiary/aromatic N) is 6. The number of nitrogens with one attached hydrogen (secondary N) is 2. The number of fused-ring (bicyclic) bond motifs is 4. The van der Waals surface area contributed by atoms with Gasteiger partial charge in [-0.25, -0.2) is 13.8 Å². The lowest BCUT2D eigenvalue weighted by Gasteiger charge is -2.39. The average molecular weight is 571 g/mol. The summed E-state index contributed by atoms with van der Waals surface area (Å²) >= 11 is 0. The van der Waals surface area contributed by atoms with Gasteiger partial charge in [-0.3, -0.25) is 14.7 Å². The van der Waals surface area contributed by atoms with Crippen molar-refractivity contribution >= 4 is 33.4 Å². The zero-order chi connectivity index (χ0) is 29.1. The van der Waals surface area contributed by atoms with Gasteiger partial charge >= 0.3 is 0 Å². The van der Waals surface area contributed by atoms with Gasteiger partial charge < -0.3 is 20.1 Å². The molecule has 0 aliphatic carbocycles. The number of pyridine rings is 2. The number of halogens is 2. The molecule has 216 valence electrons. The fourth-order valence-corrected chi connectivity index (χ4v) is 6.91. The van der Waals surface area contributed by atoms with E-state index in [4.69, 9.17) is 16.4 Å². The molecule has 3 aliphatic rings. The number of rotatable bonds is 5. The van der Waals surface area contributed by atoms with Crippen LogP contribution in [0.1, 0.15) is 31.2 Å². The lowest BCUT2D eigenvalue weighted by atomic mass is 10.0. The van der Waals surface area contributed by atoms with Crippen LogP contribution in [0.25, 0.3) is 33.1 Å². The Morgan fingerprint density at radius 3 is 2.67 bits per heavy atom. The first-order chi connectivity index (χ1) is 20.3. The highest BCUT2D eigenvalue weighted by Gasteiger charge is 2.39. The average Bonchev–Trinajstić information content (AvgIpc) is 3.55. The van der Waals surface area contributed by atoms with E-state index in [0.717, 1.165) is 45.3 Å². The fourth-order valence-electron chi connectivity index (χ4n) is 6.91. The first-order valence-electron chi connectivity index (χ1n) is 14.4. The molecule has 1 aromatic carbocycles. The number of H-pyrrole nitrogens is 1. The third-order valence-electron chi connectivity index (χ3n) is 9.15. The van der Waals surface area contributed by atoms with Crippen molar-refractivity contribution in [3.8, 4) is 23.7 Å². The zero-order valence-electron chi connectivity index (χ0n) is 23.6. The number of piperazine rings is 1. The van der Waals surface area contributed by atoms with E-state index >= 15 is 4.39 Å². The second-order valence-corrected chi connectivity index (χ2v) is 11.7. The van der Waals surface area contributed by atoms with Gasteiger partial charge in [-0.2, -0.15) is 4.98 Å². The van der Waals surface area contributed by atoms with E-state index in [0.29, 0.717) is 47.2 Å². The molecule has 3 aliphatic heterocycles. The summed E-state index contributed by atoms with van der Waals surface area (Å²) in [7, 11) is 4.11. The predicted molar refractivity (Wildman–Crippen MR) is 160 cm³/mol. The SMILES string of the molecule is C#Cc1c(F)ccc2cc(=O)[nH]c(-c3ncc4c(N(C)C[C@H]5CCCN5)nc(N5CC6CCC(C5)N6C)nc4c3F)c12. The van der Waals surface area contributed by atoms with Gasteiger partial charge in [0.15, 0.2) is 5.82 Å². The topological polar surface area (TPSA) is 93.3 Å². The van der Waals surface area contributed by atoms with Crippen LogP contribution >= 0.6 is 0 Å². The maximum absolute atomic E-state index is 16.7. The Bertz CT molecular complexity index is 1800. The first kappa shape index (κ1) is 26.7. The number of aromatic nitrogens is 4. The van der Waals surface area contributed by atoms with Crippen LogP contribution in [0.4, 0.5) is 20.5 Å². The maximum atomic E-state index is 16.7. The number of anilines is 2. The van der Waals surface area contributed by atoms with Crippen LogP contribution in [-0.4, -0.2) is 83.2 Å². The Balaban J connectivity index is 1.42. The third-order valence-corrected chi connectivity index (χ3v) is 9.15. The van der Waals surface area contributed by atoms with E-state index in [2.05, 4.69) is 38.1 Å². The van der Waals surface area contributed by atoms with Crippen molar-refractivity contribution in [3.63, 3.8) is 0 Å². The van der Waals surface area contributed by atoms with Crippen molar-refractivity contribution < 1.29 is 8.78 Å². The minimum atomic E-state index is -0.725. The number of terminal acetylenes is 1. The summed E-state index contributed by atoms with van der Waals surface area (Å²) in [5.74, 6) is 2.05. The molecule has 3 fully saturated rings. The lowest BCUT2D eigenvalue weighted by Crippen LogP contribution is -2.52. The van der Waals surface area contributed by atoms with Crippen LogP contribution in [0.2, 0.25) is 0 Å². The minimum absolute atomic E-state index is 0.0206. The van der Waals surface area contributed by atoms with Gasteiger partial charge in [-0.05, 0) is 50.7 Å². The number of hydrogen-bond acceptors (Lipinski definition) is 8. The van der Waals surface area contributed by atoms with E-state index in [1.807, 2.05) is 11.9 Å². The summed E-state index contributed by atoms with van der Waals surface area (Å²) in [4.78, 5) is 36.1. The molecule has 3 aromatic heterocycles. The molecule has 11 heteroatoms. The van der Waals surface area contributed by atoms with Crippen LogP contribution in [0, 0.1) is 24.0 Å². The standard InChI is InChI=1S/C31H32F2N8O/c1-4-21-23(32)10-7-17-12-24(42)36-28(25(17)21)29-26(33)27-22(13-35-29)30(39(2)14-18-6-5-11-34-18)38-31(37-27)41-15-19-8-9-20(16-41)40(19)3/h1,7,10,12-13,18-20,34H,5-6,8-9,11,14-16H2,2-3H3,(H,36,42)/t18-,19?,20?/m1/s1. The predicted octanol–water partition coefficient (Wildman–Crippen LogP) is 3.26. The summed E-state index contributed by atoms with van der Waals surface area (Å²) < 4.78 is 31.4. The Morgan fingerprint density at radius 2 is 1.95 bits per heavy atom. The summed E-state index contributed by atoms with van der Waals surface area (Å²) in [5.41, 5.74) is -0.585. The van der Waals surface area contributed by atoms with E-state index in [9.17, 15) is 9.18 Å². The maximum Gasteiger partial charge on any atom is 0.249 e. The van der Waals surface area contributed by atoms with Crippen molar-refractivity contribution in [2.45, 2.75) is 43.8 Å². The van der Waals surface area contributed by atoms with E-state index in [-0.39, 0.29) is 27.9 Å². The van der Waals surface area contributed by atoms with Gasteiger partial charge in [-0.1, -0.05) is 12.0 Å². The van der Waals surface area contributed by atoms with Crippen LogP contribution in [0.15, 0.2) is 29.2 Å². The summed E-state index contributed by atoms with van der Waals surface area (Å²) in [6.07, 6.45) is 11.6. The third kappa shape index (κ3) is 4.37. The molecule has 0 saturated carbocycles. The monoisotopic (exact) mass is 570 g/mol. The number of aromatic amines is 1. The Morgan fingerprint density at radius 1 is 1.17 bits per heavy atom. The molecular formula is C31H32F2N8O. The lowest BCUT2D eigenvalue weighted by molar-refractivity contribution is 0.211. The molecule has 7 rings (SSSR count). The molecular weight excluding hydrogens is 538 g/mol. The number of likely N-dealkylation sites (N-methyl/N-ethyl adjacent to an activating group) is 2. The Labute approximate surface area is 242 Å². The second kappa shape index (κ2) is 10.3. The largest absolute Gasteiger partial charge is 0.357 e. The zero-order valence-corrected chi connectivity index (χ0v) is 23.6. The fraction of sp³-hybridized carbons (Fsp3) is 0.419. The molecule has 42 heavy (non-hydrogen) atoms. The molecule has 2 unspecified atom stereocenters. The van der Waals surface area contributed by atoms with Gasteiger partial charge in [0, 0.05) is 62.5 Å². The number of hydrogen-bond donors (Lipinski definition) is 2. The van der Waals surface area contributed by atoms with Crippen molar-refractivity contribution in [2.75, 3.05) is 50.1 Å². The van der Waals surface area contributed by atoms with E-state index in [1.165, 1.54) is 24.4 Å². The van der Waals surface area contributed by atoms with Crippen molar-refractivity contribution in [3.05, 3.63) is 51.9 Å². The quantitative estimate of drug-likeness (QED) is 0.354. The molecule has 4 aromatic rings. The van der Waals surface area contributed by atoms with Gasteiger partial charge in [-0.15, -0.1) is 6.42 Å². The van der Waals surface area contributed by atoms with Crippen molar-refractivity contribution in [1.29, 1.82) is 0 Å². The first-order valence-corrected chi connectivity index (χ1v) is 14.4. The van der Waals surface area contributed by atoms with E-state index < -0.39 is 17.2 Å². The summed E-state index contributed by atoms with van der Waals surface area (Å²) in [6.45, 7) is 3.19. The summed E-state index contributed by atoms with van der Waals surface area (Å²) in [5, 5.41) is 4.59. The highest BCUT2D eigenvalue weighted by Crippen LogP contribution is 2.36. The van der Waals surface area contributed by atoms with Gasteiger partial charge in [0.1, 0.15) is 22.8 Å². The molecule has 2 bridgehead atoms. The van der Waals surface area contributed by atoms with Gasteiger partial charge in [0.25, 0.3) is 0 Å². The molecule has 0 spiro atoms. The van der Waals surface area contributed by atoms with Crippen molar-refractivity contribution in [1.82, 2.24) is 30.2 Å². The molecule has 3 saturated heterocycles. The van der Waals surface area contributed by atoms with Crippen molar-refractivity contribution in [2.24, 2.45) is 0 Å². The minimum Gasteiger partial charge on any atom is -0.357 e. The number of benzene rings is 1. The van der Waals surface area contributed by atoms with Gasteiger partial charge in [0.05, 0.1) is 16.6 Å². The molecule has 0 radical (unpaired) electrons. The Hall–Kier alpha value is -4.14. The Kier molecular flexibility index (Phi) is 6.55. The molecule has 3 atom stereocenters. The molecule has 9 nitrogen and oxygen atoms in total.